The molecule has 0 saturated carbocycles. The van der Waals surface area contributed by atoms with Gasteiger partial charge in [0.15, 0.2) is 5.52 Å². The smallest absolute Gasteiger partial charge is 0.297 e. The van der Waals surface area contributed by atoms with Crippen molar-refractivity contribution in [1.82, 2.24) is 14.9 Å². The maximum atomic E-state index is 13.3. The van der Waals surface area contributed by atoms with Gasteiger partial charge in [0, 0.05) is 11.3 Å². The van der Waals surface area contributed by atoms with Gasteiger partial charge in [-0.05, 0) is 55.8 Å². The van der Waals surface area contributed by atoms with Crippen LogP contribution in [0.3, 0.4) is 0 Å². The Morgan fingerprint density at radius 3 is 2.53 bits per heavy atom. The number of nitrogens with zero attached hydrogens (tertiary/aromatic N) is 3. The molecule has 0 fully saturated rings. The summed E-state index contributed by atoms with van der Waals surface area (Å²) >= 11 is 6.18. The van der Waals surface area contributed by atoms with Crippen molar-refractivity contribution in [3.63, 3.8) is 0 Å². The number of aryl methyl sites for hydroxylation is 1. The number of hydrogen-bond acceptors (Lipinski definition) is 7. The predicted octanol–water partition coefficient (Wildman–Crippen LogP) is 4.62. The van der Waals surface area contributed by atoms with Crippen molar-refractivity contribution in [2.45, 2.75) is 26.3 Å². The van der Waals surface area contributed by atoms with Gasteiger partial charge in [-0.2, -0.15) is 5.10 Å². The van der Waals surface area contributed by atoms with Crippen molar-refractivity contribution in [2.75, 3.05) is 19.5 Å². The number of halogens is 1. The zero-order valence-corrected chi connectivity index (χ0v) is 19.8. The third-order valence-corrected chi connectivity index (χ3v) is 5.78. The summed E-state index contributed by atoms with van der Waals surface area (Å²) in [5.41, 5.74) is 1.27. The Hall–Kier alpha value is -3.85. The molecule has 4 aromatic rings. The quantitative estimate of drug-likeness (QED) is 0.409. The highest BCUT2D eigenvalue weighted by Crippen LogP contribution is 2.30. The van der Waals surface area contributed by atoms with Gasteiger partial charge in [0.1, 0.15) is 29.0 Å². The van der Waals surface area contributed by atoms with E-state index in [-0.39, 0.29) is 5.52 Å². The molecule has 4 rings (SSSR count). The molecule has 0 aliphatic heterocycles. The lowest BCUT2D eigenvalue weighted by atomic mass is 10.1. The zero-order chi connectivity index (χ0) is 24.4. The number of carbonyl (C=O) groups excluding carboxylic acids is 1. The topological polar surface area (TPSA) is 108 Å². The number of aromatic nitrogens is 3. The molecular weight excluding hydrogens is 460 g/mol. The number of carbonyl (C=O) groups is 1. The summed E-state index contributed by atoms with van der Waals surface area (Å²) in [5, 5.41) is 12.2. The monoisotopic (exact) mass is 482 g/mol. The minimum atomic E-state index is -0.896. The van der Waals surface area contributed by atoms with Gasteiger partial charge in [0.2, 0.25) is 5.91 Å². The van der Waals surface area contributed by atoms with Crippen molar-refractivity contribution in [3.8, 4) is 22.8 Å². The lowest BCUT2D eigenvalue weighted by Gasteiger charge is -2.18. The lowest BCUT2D eigenvalue weighted by Crippen LogP contribution is -2.35. The number of nitrogens with one attached hydrogen (secondary N) is 1. The summed E-state index contributed by atoms with van der Waals surface area (Å²) in [6, 6.07) is 11.2. The van der Waals surface area contributed by atoms with Gasteiger partial charge >= 0.3 is 0 Å². The number of methoxy groups -OCH3 is 2. The second-order valence-corrected chi connectivity index (χ2v) is 7.96. The van der Waals surface area contributed by atoms with Gasteiger partial charge in [-0.1, -0.05) is 23.7 Å². The third-order valence-electron chi connectivity index (χ3n) is 5.49. The number of ether oxygens (including phenoxy) is 2. The highest BCUT2D eigenvalue weighted by molar-refractivity contribution is 6.32. The minimum Gasteiger partial charge on any atom is -0.497 e. The van der Waals surface area contributed by atoms with Gasteiger partial charge in [-0.15, -0.1) is 0 Å². The molecule has 10 heteroatoms. The molecule has 0 aliphatic carbocycles. The first-order valence-corrected chi connectivity index (χ1v) is 10.9. The molecule has 2 aromatic heterocycles. The lowest BCUT2D eigenvalue weighted by molar-refractivity contribution is -0.119. The SMILES string of the molecule is CC[C@@H](C(=O)Nc1ccc(OC)c(Cl)c1)n1nc(-c2ccc(OC)cc2)c2c(C)onc2c1=O. The number of fused-ring (bicyclic) bond motifs is 1. The van der Waals surface area contributed by atoms with Gasteiger partial charge < -0.3 is 19.3 Å². The molecule has 0 bridgehead atoms. The largest absolute Gasteiger partial charge is 0.497 e. The van der Waals surface area contributed by atoms with E-state index < -0.39 is 17.5 Å². The van der Waals surface area contributed by atoms with E-state index in [1.807, 2.05) is 12.1 Å². The average molecular weight is 483 g/mol. The highest BCUT2D eigenvalue weighted by atomic mass is 35.5. The summed E-state index contributed by atoms with van der Waals surface area (Å²) in [6.45, 7) is 3.51. The summed E-state index contributed by atoms with van der Waals surface area (Å²) in [5.74, 6) is 1.21. The van der Waals surface area contributed by atoms with E-state index in [9.17, 15) is 9.59 Å². The first kappa shape index (κ1) is 23.3. The van der Waals surface area contributed by atoms with Gasteiger partial charge in [-0.3, -0.25) is 9.59 Å². The number of rotatable bonds is 7. The van der Waals surface area contributed by atoms with Crippen LogP contribution in [0, 0.1) is 6.92 Å². The summed E-state index contributed by atoms with van der Waals surface area (Å²) in [4.78, 5) is 26.5. The van der Waals surface area contributed by atoms with Crippen LogP contribution in [0.2, 0.25) is 5.02 Å². The van der Waals surface area contributed by atoms with Crippen LogP contribution >= 0.6 is 11.6 Å². The predicted molar refractivity (Wildman–Crippen MR) is 129 cm³/mol. The number of hydrogen-bond donors (Lipinski definition) is 1. The van der Waals surface area contributed by atoms with E-state index in [0.29, 0.717) is 45.5 Å². The van der Waals surface area contributed by atoms with Crippen LogP contribution in [0.15, 0.2) is 51.8 Å². The van der Waals surface area contributed by atoms with Crippen LogP contribution in [-0.2, 0) is 4.79 Å². The molecule has 176 valence electrons. The van der Waals surface area contributed by atoms with E-state index in [1.165, 1.54) is 7.11 Å². The van der Waals surface area contributed by atoms with Crippen LogP contribution in [-0.4, -0.2) is 35.1 Å². The summed E-state index contributed by atoms with van der Waals surface area (Å²) in [7, 11) is 3.09. The molecule has 0 unspecified atom stereocenters. The van der Waals surface area contributed by atoms with E-state index in [4.69, 9.17) is 25.6 Å². The molecule has 2 heterocycles. The molecule has 0 spiro atoms. The summed E-state index contributed by atoms with van der Waals surface area (Å²) < 4.78 is 16.8. The molecule has 1 N–H and O–H groups in total. The van der Waals surface area contributed by atoms with Gasteiger partial charge in [-0.25, -0.2) is 4.68 Å². The van der Waals surface area contributed by atoms with Crippen LogP contribution in [0.4, 0.5) is 5.69 Å². The van der Waals surface area contributed by atoms with Crippen LogP contribution in [0.1, 0.15) is 25.1 Å². The highest BCUT2D eigenvalue weighted by Gasteiger charge is 2.26. The van der Waals surface area contributed by atoms with Crippen molar-refractivity contribution in [2.24, 2.45) is 0 Å². The van der Waals surface area contributed by atoms with E-state index in [1.54, 1.807) is 51.3 Å². The first-order chi connectivity index (χ1) is 16.4. The second kappa shape index (κ2) is 9.56. The molecule has 0 saturated heterocycles. The maximum absolute atomic E-state index is 13.3. The third kappa shape index (κ3) is 4.22. The Labute approximate surface area is 200 Å². The fraction of sp³-hybridized carbons (Fsp3) is 0.250. The minimum absolute atomic E-state index is 0.108. The summed E-state index contributed by atoms with van der Waals surface area (Å²) in [6.07, 6.45) is 0.313. The van der Waals surface area contributed by atoms with E-state index in [0.717, 1.165) is 10.2 Å². The Bertz CT molecular complexity index is 1410. The maximum Gasteiger partial charge on any atom is 0.297 e. The standard InChI is InChI=1S/C24H23ClN4O5/c1-5-18(23(30)26-15-8-11-19(33-4)17(25)12-15)29-24(31)22-20(13(2)34-28-22)21(27-29)14-6-9-16(32-3)10-7-14/h6-12,18H,5H2,1-4H3,(H,26,30)/t18-/m0/s1. The molecule has 9 nitrogen and oxygen atoms in total. The van der Waals surface area contributed by atoms with Crippen LogP contribution in [0.25, 0.3) is 22.2 Å². The van der Waals surface area contributed by atoms with Gasteiger partial charge in [0.25, 0.3) is 5.56 Å². The van der Waals surface area contributed by atoms with Gasteiger partial charge in [0.05, 0.1) is 24.6 Å². The Morgan fingerprint density at radius 1 is 1.18 bits per heavy atom. The zero-order valence-electron chi connectivity index (χ0n) is 19.1. The Kier molecular flexibility index (Phi) is 6.56. The molecule has 0 radical (unpaired) electrons. The normalized spacial score (nSPS) is 11.9. The number of anilines is 1. The second-order valence-electron chi connectivity index (χ2n) is 7.55. The fourth-order valence-corrected chi connectivity index (χ4v) is 3.97. The van der Waals surface area contributed by atoms with Crippen molar-refractivity contribution in [1.29, 1.82) is 0 Å². The fourth-order valence-electron chi connectivity index (χ4n) is 3.71. The number of benzene rings is 2. The van der Waals surface area contributed by atoms with Crippen LogP contribution < -0.4 is 20.3 Å². The average Bonchev–Trinajstić information content (AvgIpc) is 3.23. The molecule has 2 aromatic carbocycles. The first-order valence-electron chi connectivity index (χ1n) is 10.6. The Balaban J connectivity index is 1.78. The number of amides is 1. The molecule has 34 heavy (non-hydrogen) atoms. The van der Waals surface area contributed by atoms with Crippen molar-refractivity contribution >= 4 is 34.1 Å². The molecular formula is C24H23ClN4O5. The van der Waals surface area contributed by atoms with Crippen molar-refractivity contribution in [3.05, 3.63) is 63.6 Å². The molecule has 1 atom stereocenters. The van der Waals surface area contributed by atoms with E-state index >= 15 is 0 Å². The Morgan fingerprint density at radius 2 is 1.91 bits per heavy atom. The molecule has 1 amide bonds. The van der Waals surface area contributed by atoms with E-state index in [2.05, 4.69) is 15.6 Å². The van der Waals surface area contributed by atoms with Crippen LogP contribution in [0.5, 0.6) is 11.5 Å². The van der Waals surface area contributed by atoms with Crippen molar-refractivity contribution < 1.29 is 18.8 Å². The molecule has 0 aliphatic rings.